The van der Waals surface area contributed by atoms with Crippen LogP contribution in [-0.4, -0.2) is 39.0 Å². The third-order valence-corrected chi connectivity index (χ3v) is 3.60. The van der Waals surface area contributed by atoms with Crippen molar-refractivity contribution < 1.29 is 27.8 Å². The predicted octanol–water partition coefficient (Wildman–Crippen LogP) is 1.92. The fraction of sp³-hybridized carbons (Fsp3) is 0.250. The first-order valence-electron chi connectivity index (χ1n) is 6.07. The number of carbonyl (C=O) groups is 1. The number of aromatic nitrogens is 2. The summed E-state index contributed by atoms with van der Waals surface area (Å²) in [4.78, 5) is 12.6. The van der Waals surface area contributed by atoms with E-state index in [4.69, 9.17) is 9.84 Å². The number of anilines is 1. The molecule has 0 saturated carbocycles. The Morgan fingerprint density at radius 2 is 1.91 bits per heavy atom. The van der Waals surface area contributed by atoms with E-state index in [9.17, 15) is 18.0 Å². The third-order valence-electron chi connectivity index (χ3n) is 3.08. The molecule has 0 unspecified atom stereocenters. The molecule has 1 aromatic carbocycles. The highest BCUT2D eigenvalue weighted by atomic mass is 32.1. The highest BCUT2D eigenvalue weighted by Crippen LogP contribution is 2.27. The molecule has 10 heteroatoms. The Kier molecular flexibility index (Phi) is 3.61. The molecule has 2 aromatic rings. The molecule has 0 bridgehead atoms. The zero-order valence-corrected chi connectivity index (χ0v) is 11.6. The molecule has 1 saturated heterocycles. The zero-order chi connectivity index (χ0) is 15.9. The van der Waals surface area contributed by atoms with Gasteiger partial charge in [0.2, 0.25) is 5.69 Å². The van der Waals surface area contributed by atoms with Crippen LogP contribution in [0.4, 0.5) is 19.0 Å². The van der Waals surface area contributed by atoms with E-state index < -0.39 is 29.5 Å². The van der Waals surface area contributed by atoms with Crippen LogP contribution in [0.5, 0.6) is 5.75 Å². The number of nitrogens with zero attached hydrogens (tertiary/aromatic N) is 3. The van der Waals surface area contributed by atoms with Gasteiger partial charge in [0, 0.05) is 12.1 Å². The van der Waals surface area contributed by atoms with Gasteiger partial charge in [-0.1, -0.05) is 0 Å². The molecule has 0 amide bonds. The van der Waals surface area contributed by atoms with Crippen molar-refractivity contribution in [3.8, 4) is 5.75 Å². The van der Waals surface area contributed by atoms with Gasteiger partial charge in [-0.25, -0.2) is 18.0 Å². The predicted molar refractivity (Wildman–Crippen MR) is 69.8 cm³/mol. The largest absolute Gasteiger partial charge is 0.487 e. The second-order valence-corrected chi connectivity index (χ2v) is 5.12. The van der Waals surface area contributed by atoms with Gasteiger partial charge in [-0.15, -0.1) is 0 Å². The molecule has 116 valence electrons. The van der Waals surface area contributed by atoms with Crippen LogP contribution in [0.3, 0.4) is 0 Å². The Hall–Kier alpha value is -2.36. The van der Waals surface area contributed by atoms with Gasteiger partial charge in [-0.2, -0.15) is 8.75 Å². The first-order valence-corrected chi connectivity index (χ1v) is 6.80. The normalized spacial score (nSPS) is 14.8. The molecular formula is C12H8F3N3O3S. The van der Waals surface area contributed by atoms with Crippen molar-refractivity contribution in [3.63, 3.8) is 0 Å². The number of hydrogen-bond donors (Lipinski definition) is 1. The fourth-order valence-corrected chi connectivity index (χ4v) is 2.57. The Labute approximate surface area is 126 Å². The molecule has 0 radical (unpaired) electrons. The minimum atomic E-state index is -1.55. The smallest absolute Gasteiger partial charge is 0.359 e. The second-order valence-electron chi connectivity index (χ2n) is 4.59. The zero-order valence-electron chi connectivity index (χ0n) is 10.8. The summed E-state index contributed by atoms with van der Waals surface area (Å²) >= 11 is 0.779. The summed E-state index contributed by atoms with van der Waals surface area (Å²) in [5, 5.41) is 8.94. The molecule has 1 aliphatic heterocycles. The van der Waals surface area contributed by atoms with Gasteiger partial charge in [0.05, 0.1) is 24.8 Å². The van der Waals surface area contributed by atoms with Crippen molar-refractivity contribution in [1.82, 2.24) is 8.75 Å². The number of benzene rings is 1. The molecule has 6 nitrogen and oxygen atoms in total. The summed E-state index contributed by atoms with van der Waals surface area (Å²) in [6, 6.07) is 1.52. The second kappa shape index (κ2) is 5.44. The van der Waals surface area contributed by atoms with E-state index in [-0.39, 0.29) is 30.4 Å². The maximum absolute atomic E-state index is 13.1. The molecule has 1 aliphatic rings. The molecular weight excluding hydrogens is 323 g/mol. The number of rotatable bonds is 4. The molecule has 22 heavy (non-hydrogen) atoms. The lowest BCUT2D eigenvalue weighted by Gasteiger charge is -2.39. The van der Waals surface area contributed by atoms with Gasteiger partial charge in [-0.3, -0.25) is 0 Å². The highest BCUT2D eigenvalue weighted by molar-refractivity contribution is 6.99. The van der Waals surface area contributed by atoms with Gasteiger partial charge in [0.1, 0.15) is 11.9 Å². The molecule has 1 fully saturated rings. The molecule has 0 spiro atoms. The first-order chi connectivity index (χ1) is 10.5. The molecule has 2 heterocycles. The van der Waals surface area contributed by atoms with Crippen molar-refractivity contribution in [2.75, 3.05) is 18.0 Å². The number of carboxylic acid groups (broad SMARTS) is 1. The number of hydrogen-bond acceptors (Lipinski definition) is 6. The van der Waals surface area contributed by atoms with Crippen molar-refractivity contribution in [2.24, 2.45) is 0 Å². The summed E-state index contributed by atoms with van der Waals surface area (Å²) in [6.07, 6.45) is -0.410. The van der Waals surface area contributed by atoms with Crippen molar-refractivity contribution >= 4 is 23.5 Å². The molecule has 0 atom stereocenters. The van der Waals surface area contributed by atoms with Gasteiger partial charge < -0.3 is 14.7 Å². The van der Waals surface area contributed by atoms with E-state index in [2.05, 4.69) is 8.75 Å². The molecule has 1 aromatic heterocycles. The van der Waals surface area contributed by atoms with Crippen LogP contribution < -0.4 is 9.64 Å². The Bertz CT molecular complexity index is 710. The Morgan fingerprint density at radius 3 is 2.50 bits per heavy atom. The van der Waals surface area contributed by atoms with Crippen molar-refractivity contribution in [1.29, 1.82) is 0 Å². The number of aromatic carboxylic acids is 1. The molecule has 1 N–H and O–H groups in total. The Morgan fingerprint density at radius 1 is 1.27 bits per heavy atom. The lowest BCUT2D eigenvalue weighted by molar-refractivity contribution is 0.0691. The van der Waals surface area contributed by atoms with Gasteiger partial charge in [0.25, 0.3) is 0 Å². The van der Waals surface area contributed by atoms with Crippen LogP contribution in [0.2, 0.25) is 0 Å². The van der Waals surface area contributed by atoms with Crippen LogP contribution in [0.25, 0.3) is 0 Å². The number of carboxylic acids is 1. The SMILES string of the molecule is O=C(O)c1nsnc1N1CC(Oc2cc(F)c(F)c(F)c2)C1. The van der Waals surface area contributed by atoms with E-state index in [1.165, 1.54) is 0 Å². The van der Waals surface area contributed by atoms with Crippen LogP contribution in [0.1, 0.15) is 10.5 Å². The highest BCUT2D eigenvalue weighted by Gasteiger charge is 2.34. The summed E-state index contributed by atoms with van der Waals surface area (Å²) in [6.45, 7) is 0.568. The fourth-order valence-electron chi connectivity index (χ4n) is 2.00. The van der Waals surface area contributed by atoms with E-state index in [0.717, 1.165) is 23.9 Å². The minimum absolute atomic E-state index is 0.129. The van der Waals surface area contributed by atoms with Crippen LogP contribution in [0, 0.1) is 17.5 Å². The van der Waals surface area contributed by atoms with Gasteiger partial charge >= 0.3 is 5.97 Å². The van der Waals surface area contributed by atoms with Crippen LogP contribution in [-0.2, 0) is 0 Å². The van der Waals surface area contributed by atoms with E-state index in [1.807, 2.05) is 0 Å². The standard InChI is InChI=1S/C12H8F3N3O3S/c13-7-1-5(2-8(14)9(7)15)21-6-3-18(4-6)11-10(12(19)20)16-22-17-11/h1-2,6H,3-4H2,(H,19,20). The quantitative estimate of drug-likeness (QED) is 0.863. The first kappa shape index (κ1) is 14.6. The summed E-state index contributed by atoms with van der Waals surface area (Å²) in [7, 11) is 0. The molecule has 3 rings (SSSR count). The van der Waals surface area contributed by atoms with Gasteiger partial charge in [-0.05, 0) is 0 Å². The summed E-state index contributed by atoms with van der Waals surface area (Å²) in [5.41, 5.74) is -0.151. The lowest BCUT2D eigenvalue weighted by atomic mass is 10.1. The van der Waals surface area contributed by atoms with E-state index in [1.54, 1.807) is 4.90 Å². The third kappa shape index (κ3) is 2.56. The topological polar surface area (TPSA) is 75.5 Å². The maximum Gasteiger partial charge on any atom is 0.359 e. The molecule has 0 aliphatic carbocycles. The van der Waals surface area contributed by atoms with Crippen LogP contribution >= 0.6 is 11.7 Å². The van der Waals surface area contributed by atoms with E-state index >= 15 is 0 Å². The van der Waals surface area contributed by atoms with Crippen molar-refractivity contribution in [2.45, 2.75) is 6.10 Å². The van der Waals surface area contributed by atoms with E-state index in [0.29, 0.717) is 0 Å². The van der Waals surface area contributed by atoms with Gasteiger partial charge in [0.15, 0.2) is 23.3 Å². The summed E-state index contributed by atoms with van der Waals surface area (Å²) in [5.74, 6) is -5.30. The average Bonchev–Trinajstić information content (AvgIpc) is 2.88. The number of halogens is 3. The summed E-state index contributed by atoms with van der Waals surface area (Å²) < 4.78 is 51.8. The minimum Gasteiger partial charge on any atom is -0.487 e. The lowest BCUT2D eigenvalue weighted by Crippen LogP contribution is -2.54. The number of ether oxygens (including phenoxy) is 1. The van der Waals surface area contributed by atoms with Crippen molar-refractivity contribution in [3.05, 3.63) is 35.3 Å². The maximum atomic E-state index is 13.1. The average molecular weight is 331 g/mol. The van der Waals surface area contributed by atoms with Crippen LogP contribution in [0.15, 0.2) is 12.1 Å². The Balaban J connectivity index is 1.65. The monoisotopic (exact) mass is 331 g/mol.